The molecule has 0 spiro atoms. The number of benzene rings is 2. The summed E-state index contributed by atoms with van der Waals surface area (Å²) >= 11 is 5.50. The molecule has 9 heteroatoms. The molecule has 0 fully saturated rings. The lowest BCUT2D eigenvalue weighted by Crippen LogP contribution is -1.95. The number of rotatable bonds is 2. The summed E-state index contributed by atoms with van der Waals surface area (Å²) < 4.78 is 0. The maximum Gasteiger partial charge on any atom is 0.293 e. The minimum absolute atomic E-state index is 0.0231. The van der Waals surface area contributed by atoms with E-state index in [0.29, 0.717) is 5.02 Å². The molecule has 0 saturated carbocycles. The van der Waals surface area contributed by atoms with Crippen LogP contribution in [0.5, 0.6) is 0 Å². The normalized spacial score (nSPS) is 9.55. The monoisotopic (exact) mass is 324 g/mol. The molecule has 0 unspecified atom stereocenters. The molecule has 0 aliphatic rings. The molecule has 0 aliphatic heterocycles. The molecule has 0 bridgehead atoms. The van der Waals surface area contributed by atoms with Crippen molar-refractivity contribution in [1.29, 1.82) is 0 Å². The minimum atomic E-state index is -0.568. The Morgan fingerprint density at radius 2 is 1.36 bits per heavy atom. The number of nitro groups is 2. The van der Waals surface area contributed by atoms with Gasteiger partial charge in [-0.3, -0.25) is 20.2 Å². The molecular formula is C13H13ClN4O4. The van der Waals surface area contributed by atoms with Crippen molar-refractivity contribution < 1.29 is 9.85 Å². The molecule has 0 heterocycles. The average molecular weight is 325 g/mol. The Kier molecular flexibility index (Phi) is 5.65. The van der Waals surface area contributed by atoms with Crippen LogP contribution in [0, 0.1) is 27.2 Å². The number of aryl methyl sites for hydroxylation is 1. The van der Waals surface area contributed by atoms with E-state index in [1.807, 2.05) is 0 Å². The highest BCUT2D eigenvalue weighted by Crippen LogP contribution is 2.24. The zero-order chi connectivity index (χ0) is 16.9. The Labute approximate surface area is 130 Å². The van der Waals surface area contributed by atoms with Crippen LogP contribution in [0.25, 0.3) is 0 Å². The van der Waals surface area contributed by atoms with Crippen molar-refractivity contribution in [1.82, 2.24) is 0 Å². The fraction of sp³-hybridized carbons (Fsp3) is 0.0769. The van der Waals surface area contributed by atoms with E-state index in [4.69, 9.17) is 23.1 Å². The van der Waals surface area contributed by atoms with Crippen LogP contribution < -0.4 is 11.5 Å². The summed E-state index contributed by atoms with van der Waals surface area (Å²) in [4.78, 5) is 19.5. The number of nitro benzene ring substituents is 2. The van der Waals surface area contributed by atoms with Gasteiger partial charge in [-0.2, -0.15) is 0 Å². The van der Waals surface area contributed by atoms with Gasteiger partial charge in [0.15, 0.2) is 0 Å². The van der Waals surface area contributed by atoms with Crippen LogP contribution in [-0.4, -0.2) is 9.85 Å². The molecule has 0 atom stereocenters. The van der Waals surface area contributed by atoms with Crippen molar-refractivity contribution in [3.05, 3.63) is 67.2 Å². The Hall–Kier alpha value is -2.87. The van der Waals surface area contributed by atoms with Crippen LogP contribution in [0.2, 0.25) is 5.02 Å². The standard InChI is InChI=1S/C7H8N2O2.C6H5ClN2O2/c1-5-2-3-6(8)7(4-5)9(10)11;7-4-1-2-5(8)6(3-4)9(10)11/h2-4H,8H2,1H3;1-3H,8H2. The fourth-order valence-corrected chi connectivity index (χ4v) is 1.65. The maximum atomic E-state index is 10.3. The lowest BCUT2D eigenvalue weighted by molar-refractivity contribution is -0.384. The van der Waals surface area contributed by atoms with Gasteiger partial charge >= 0.3 is 0 Å². The van der Waals surface area contributed by atoms with Gasteiger partial charge in [-0.25, -0.2) is 0 Å². The first kappa shape index (κ1) is 17.2. The molecule has 2 aromatic carbocycles. The zero-order valence-electron chi connectivity index (χ0n) is 11.5. The first-order valence-corrected chi connectivity index (χ1v) is 6.30. The summed E-state index contributed by atoms with van der Waals surface area (Å²) in [5, 5.41) is 20.9. The number of hydrogen-bond acceptors (Lipinski definition) is 6. The molecule has 4 N–H and O–H groups in total. The summed E-state index contributed by atoms with van der Waals surface area (Å²) in [5.41, 5.74) is 11.6. The smallest absolute Gasteiger partial charge is 0.293 e. The van der Waals surface area contributed by atoms with Gasteiger partial charge in [0.2, 0.25) is 0 Å². The molecule has 2 aromatic rings. The van der Waals surface area contributed by atoms with Crippen molar-refractivity contribution >= 4 is 34.4 Å². The van der Waals surface area contributed by atoms with Gasteiger partial charge in [0.1, 0.15) is 11.4 Å². The first-order valence-electron chi connectivity index (χ1n) is 5.92. The number of nitrogen functional groups attached to an aromatic ring is 2. The average Bonchev–Trinajstić information content (AvgIpc) is 2.44. The van der Waals surface area contributed by atoms with Crippen molar-refractivity contribution in [2.24, 2.45) is 0 Å². The Balaban J connectivity index is 0.000000220. The highest BCUT2D eigenvalue weighted by molar-refractivity contribution is 6.30. The van der Waals surface area contributed by atoms with Gasteiger partial charge in [0, 0.05) is 17.2 Å². The van der Waals surface area contributed by atoms with Crippen LogP contribution in [0.4, 0.5) is 22.7 Å². The molecule has 2 rings (SSSR count). The molecule has 0 aromatic heterocycles. The van der Waals surface area contributed by atoms with Crippen molar-refractivity contribution in [2.75, 3.05) is 11.5 Å². The van der Waals surface area contributed by atoms with E-state index in [2.05, 4.69) is 0 Å². The van der Waals surface area contributed by atoms with Crippen molar-refractivity contribution in [2.45, 2.75) is 6.92 Å². The molecule has 22 heavy (non-hydrogen) atoms. The summed E-state index contributed by atoms with van der Waals surface area (Å²) in [5.74, 6) is 0. The van der Waals surface area contributed by atoms with Gasteiger partial charge in [-0.1, -0.05) is 17.7 Å². The zero-order valence-corrected chi connectivity index (χ0v) is 12.3. The lowest BCUT2D eigenvalue weighted by Gasteiger charge is -1.96. The fourth-order valence-electron chi connectivity index (χ4n) is 1.49. The van der Waals surface area contributed by atoms with Crippen LogP contribution in [0.15, 0.2) is 36.4 Å². The largest absolute Gasteiger partial charge is 0.393 e. The van der Waals surface area contributed by atoms with Crippen molar-refractivity contribution in [3.8, 4) is 0 Å². The first-order chi connectivity index (χ1) is 10.2. The Morgan fingerprint density at radius 3 is 1.77 bits per heavy atom. The SMILES string of the molecule is Cc1ccc(N)c([N+](=O)[O-])c1.Nc1ccc(Cl)cc1[N+](=O)[O-]. The topological polar surface area (TPSA) is 138 Å². The summed E-state index contributed by atoms with van der Waals surface area (Å²) in [6.07, 6.45) is 0. The highest BCUT2D eigenvalue weighted by Gasteiger charge is 2.10. The van der Waals surface area contributed by atoms with E-state index in [1.165, 1.54) is 30.3 Å². The predicted octanol–water partition coefficient (Wildman–Crippen LogP) is 3.32. The van der Waals surface area contributed by atoms with E-state index in [-0.39, 0.29) is 22.7 Å². The summed E-state index contributed by atoms with van der Waals surface area (Å²) in [6, 6.07) is 8.85. The van der Waals surface area contributed by atoms with Gasteiger partial charge in [-0.15, -0.1) is 0 Å². The lowest BCUT2D eigenvalue weighted by atomic mass is 10.2. The third kappa shape index (κ3) is 4.60. The van der Waals surface area contributed by atoms with E-state index in [0.717, 1.165) is 5.56 Å². The van der Waals surface area contributed by atoms with E-state index < -0.39 is 9.85 Å². The van der Waals surface area contributed by atoms with Crippen LogP contribution in [-0.2, 0) is 0 Å². The maximum absolute atomic E-state index is 10.3. The third-order valence-electron chi connectivity index (χ3n) is 2.57. The van der Waals surface area contributed by atoms with Gasteiger partial charge in [-0.05, 0) is 30.7 Å². The Bertz CT molecular complexity index is 660. The van der Waals surface area contributed by atoms with E-state index in [1.54, 1.807) is 13.0 Å². The molecule has 0 amide bonds. The number of nitrogens with two attached hydrogens (primary N) is 2. The van der Waals surface area contributed by atoms with Crippen LogP contribution >= 0.6 is 11.6 Å². The van der Waals surface area contributed by atoms with Crippen molar-refractivity contribution in [3.63, 3.8) is 0 Å². The van der Waals surface area contributed by atoms with Crippen LogP contribution in [0.1, 0.15) is 5.56 Å². The molecule has 8 nitrogen and oxygen atoms in total. The van der Waals surface area contributed by atoms with Gasteiger partial charge in [0.05, 0.1) is 9.85 Å². The predicted molar refractivity (Wildman–Crippen MR) is 84.8 cm³/mol. The second kappa shape index (κ2) is 7.23. The summed E-state index contributed by atoms with van der Waals surface area (Å²) in [7, 11) is 0. The molecule has 116 valence electrons. The van der Waals surface area contributed by atoms with Crippen LogP contribution in [0.3, 0.4) is 0 Å². The minimum Gasteiger partial charge on any atom is -0.393 e. The third-order valence-corrected chi connectivity index (χ3v) is 2.81. The second-order valence-electron chi connectivity index (χ2n) is 4.28. The number of halogens is 1. The Morgan fingerprint density at radius 1 is 0.909 bits per heavy atom. The van der Waals surface area contributed by atoms with E-state index in [9.17, 15) is 20.2 Å². The second-order valence-corrected chi connectivity index (χ2v) is 4.72. The highest BCUT2D eigenvalue weighted by atomic mass is 35.5. The molecule has 0 aliphatic carbocycles. The number of nitrogens with zero attached hydrogens (tertiary/aromatic N) is 2. The number of hydrogen-bond donors (Lipinski definition) is 2. The number of anilines is 2. The quantitative estimate of drug-likeness (QED) is 0.493. The van der Waals surface area contributed by atoms with E-state index >= 15 is 0 Å². The molecule has 0 saturated heterocycles. The molecule has 0 radical (unpaired) electrons. The van der Waals surface area contributed by atoms with Gasteiger partial charge in [0.25, 0.3) is 11.4 Å². The van der Waals surface area contributed by atoms with Gasteiger partial charge < -0.3 is 11.5 Å². The summed E-state index contributed by atoms with van der Waals surface area (Å²) in [6.45, 7) is 1.78. The molecular weight excluding hydrogens is 312 g/mol.